The van der Waals surface area contributed by atoms with Crippen LogP contribution in [0.1, 0.15) is 62.3 Å². The van der Waals surface area contributed by atoms with Gasteiger partial charge in [0.05, 0.1) is 22.6 Å². The minimum Gasteiger partial charge on any atom is -0.340 e. The number of carbonyl (C=O) groups is 1. The van der Waals surface area contributed by atoms with Gasteiger partial charge < -0.3 is 14.8 Å². The van der Waals surface area contributed by atoms with Gasteiger partial charge >= 0.3 is 0 Å². The molecule has 7 heteroatoms. The molecular formula is C27H34F2N4O. The van der Waals surface area contributed by atoms with Gasteiger partial charge in [-0.25, -0.2) is 13.8 Å². The van der Waals surface area contributed by atoms with Crippen LogP contribution in [0, 0.1) is 11.6 Å². The Morgan fingerprint density at radius 2 is 1.82 bits per heavy atom. The van der Waals surface area contributed by atoms with E-state index in [0.29, 0.717) is 18.8 Å². The second kappa shape index (κ2) is 12.4. The Bertz CT molecular complexity index is 1070. The number of benzene rings is 2. The van der Waals surface area contributed by atoms with Crippen LogP contribution >= 0.6 is 0 Å². The molecule has 1 atom stereocenters. The normalized spacial score (nSPS) is 12.6. The molecule has 0 radical (unpaired) electrons. The number of likely N-dealkylation sites (N-methyl/N-ethyl adjacent to an activating group) is 1. The van der Waals surface area contributed by atoms with Gasteiger partial charge in [0.25, 0.3) is 5.91 Å². The van der Waals surface area contributed by atoms with Crippen molar-refractivity contribution in [2.24, 2.45) is 0 Å². The Morgan fingerprint density at radius 1 is 1.06 bits per heavy atom. The number of rotatable bonds is 12. The summed E-state index contributed by atoms with van der Waals surface area (Å²) in [6.07, 6.45) is 6.24. The van der Waals surface area contributed by atoms with Crippen molar-refractivity contribution >= 4 is 16.9 Å². The van der Waals surface area contributed by atoms with Crippen LogP contribution in [0.2, 0.25) is 0 Å². The molecule has 0 saturated heterocycles. The maximum atomic E-state index is 14.6. The van der Waals surface area contributed by atoms with Crippen molar-refractivity contribution in [3.05, 3.63) is 77.6 Å². The summed E-state index contributed by atoms with van der Waals surface area (Å²) in [5.74, 6) is -2.04. The van der Waals surface area contributed by atoms with Gasteiger partial charge in [0.15, 0.2) is 11.6 Å². The fourth-order valence-electron chi connectivity index (χ4n) is 4.00. The zero-order chi connectivity index (χ0) is 24.5. The lowest BCUT2D eigenvalue weighted by Crippen LogP contribution is -2.37. The summed E-state index contributed by atoms with van der Waals surface area (Å²) in [5.41, 5.74) is 1.41. The molecule has 1 N–H and O–H groups in total. The Kier molecular flexibility index (Phi) is 9.33. The molecule has 0 fully saturated rings. The molecule has 3 aromatic rings. The standard InChI is InChI=1S/C27H34F2N4O/c1-4-7-19-33(27(34)20-13-12-14-21(28)25(20)29)24(17-10-11-18-32(5-2)6-3)26-30-22-15-8-9-16-23(22)31-26/h8-16,24H,4-7,17-19H2,1-3H3,(H,30,31). The van der Waals surface area contributed by atoms with E-state index in [2.05, 4.69) is 29.8 Å². The predicted molar refractivity (Wildman–Crippen MR) is 133 cm³/mol. The number of aromatic nitrogens is 2. The molecule has 0 aliphatic rings. The number of hydrogen-bond donors (Lipinski definition) is 1. The molecule has 34 heavy (non-hydrogen) atoms. The van der Waals surface area contributed by atoms with Crippen LogP contribution in [0.4, 0.5) is 8.78 Å². The van der Waals surface area contributed by atoms with Crippen LogP contribution in [-0.2, 0) is 0 Å². The van der Waals surface area contributed by atoms with Gasteiger partial charge in [0.2, 0.25) is 0 Å². The second-order valence-electron chi connectivity index (χ2n) is 8.30. The first kappa shape index (κ1) is 25.6. The van der Waals surface area contributed by atoms with E-state index < -0.39 is 23.6 Å². The topological polar surface area (TPSA) is 52.2 Å². The lowest BCUT2D eigenvalue weighted by molar-refractivity contribution is 0.0660. The molecule has 1 unspecified atom stereocenters. The lowest BCUT2D eigenvalue weighted by Gasteiger charge is -2.30. The van der Waals surface area contributed by atoms with Gasteiger partial charge in [-0.3, -0.25) is 4.79 Å². The number of halogens is 2. The quantitative estimate of drug-likeness (QED) is 0.326. The molecule has 0 aliphatic carbocycles. The van der Waals surface area contributed by atoms with Crippen molar-refractivity contribution in [2.45, 2.75) is 46.1 Å². The summed E-state index contributed by atoms with van der Waals surface area (Å²) in [6, 6.07) is 11.0. The van der Waals surface area contributed by atoms with Crippen molar-refractivity contribution < 1.29 is 13.6 Å². The molecule has 0 bridgehead atoms. The van der Waals surface area contributed by atoms with Gasteiger partial charge in [-0.1, -0.05) is 57.5 Å². The number of imidazole rings is 1. The van der Waals surface area contributed by atoms with E-state index in [4.69, 9.17) is 4.98 Å². The molecule has 3 rings (SSSR count). The fourth-order valence-corrected chi connectivity index (χ4v) is 4.00. The number of nitrogens with one attached hydrogen (secondary N) is 1. The van der Waals surface area contributed by atoms with E-state index in [1.54, 1.807) is 4.90 Å². The van der Waals surface area contributed by atoms with E-state index in [1.807, 2.05) is 37.3 Å². The number of aromatic amines is 1. The van der Waals surface area contributed by atoms with Crippen LogP contribution in [0.25, 0.3) is 11.0 Å². The number of H-pyrrole nitrogens is 1. The second-order valence-corrected chi connectivity index (χ2v) is 8.30. The van der Waals surface area contributed by atoms with E-state index in [0.717, 1.165) is 49.6 Å². The van der Waals surface area contributed by atoms with Crippen LogP contribution in [0.3, 0.4) is 0 Å². The smallest absolute Gasteiger partial charge is 0.257 e. The van der Waals surface area contributed by atoms with E-state index >= 15 is 0 Å². The summed E-state index contributed by atoms with van der Waals surface area (Å²) in [4.78, 5) is 25.5. The Balaban J connectivity index is 1.99. The average Bonchev–Trinajstić information content (AvgIpc) is 3.28. The number of nitrogens with zero attached hydrogens (tertiary/aromatic N) is 3. The first-order chi connectivity index (χ1) is 16.5. The summed E-state index contributed by atoms with van der Waals surface area (Å²) >= 11 is 0. The molecule has 1 aromatic heterocycles. The van der Waals surface area contributed by atoms with E-state index in [9.17, 15) is 13.6 Å². The molecule has 2 aromatic carbocycles. The number of fused-ring (bicyclic) bond motifs is 1. The Hall–Kier alpha value is -3.06. The van der Waals surface area contributed by atoms with E-state index in [1.165, 1.54) is 12.1 Å². The largest absolute Gasteiger partial charge is 0.340 e. The van der Waals surface area contributed by atoms with Crippen molar-refractivity contribution in [3.8, 4) is 0 Å². The third-order valence-corrected chi connectivity index (χ3v) is 6.08. The third-order valence-electron chi connectivity index (χ3n) is 6.08. The molecule has 182 valence electrons. The van der Waals surface area contributed by atoms with Gasteiger partial charge in [0, 0.05) is 13.1 Å². The molecule has 5 nitrogen and oxygen atoms in total. The minimum atomic E-state index is -1.12. The van der Waals surface area contributed by atoms with Gasteiger partial charge in [-0.2, -0.15) is 0 Å². The Morgan fingerprint density at radius 3 is 2.53 bits per heavy atom. The minimum absolute atomic E-state index is 0.260. The Labute approximate surface area is 200 Å². The SMILES string of the molecule is CCCCN(C(=O)c1cccc(F)c1F)C(CC=CCN(CC)CC)c1nc2ccccc2[nH]1. The lowest BCUT2D eigenvalue weighted by atomic mass is 10.1. The molecule has 0 spiro atoms. The number of unbranched alkanes of at least 4 members (excludes halogenated alkanes) is 1. The molecule has 0 aliphatic heterocycles. The zero-order valence-corrected chi connectivity index (χ0v) is 20.2. The highest BCUT2D eigenvalue weighted by Crippen LogP contribution is 2.28. The van der Waals surface area contributed by atoms with Crippen molar-refractivity contribution in [3.63, 3.8) is 0 Å². The summed E-state index contributed by atoms with van der Waals surface area (Å²) in [6.45, 7) is 9.39. The predicted octanol–water partition coefficient (Wildman–Crippen LogP) is 6.11. The average molecular weight is 469 g/mol. The van der Waals surface area contributed by atoms with Crippen molar-refractivity contribution in [1.82, 2.24) is 19.8 Å². The monoisotopic (exact) mass is 468 g/mol. The molecule has 1 heterocycles. The van der Waals surface area contributed by atoms with Crippen LogP contribution < -0.4 is 0 Å². The molecule has 1 amide bonds. The molecule has 0 saturated carbocycles. The first-order valence-electron chi connectivity index (χ1n) is 12.1. The fraction of sp³-hybridized carbons (Fsp3) is 0.407. The van der Waals surface area contributed by atoms with E-state index in [-0.39, 0.29) is 5.56 Å². The van der Waals surface area contributed by atoms with Gasteiger partial charge in [-0.15, -0.1) is 0 Å². The number of carbonyl (C=O) groups excluding carboxylic acids is 1. The molecular weight excluding hydrogens is 434 g/mol. The maximum Gasteiger partial charge on any atom is 0.257 e. The van der Waals surface area contributed by atoms with Gasteiger partial charge in [-0.05, 0) is 50.2 Å². The maximum absolute atomic E-state index is 14.6. The van der Waals surface area contributed by atoms with Gasteiger partial charge in [0.1, 0.15) is 5.82 Å². The highest BCUT2D eigenvalue weighted by Gasteiger charge is 2.29. The third kappa shape index (κ3) is 6.08. The number of para-hydroxylation sites is 2. The highest BCUT2D eigenvalue weighted by atomic mass is 19.2. The van der Waals surface area contributed by atoms with Crippen LogP contribution in [0.15, 0.2) is 54.6 Å². The summed E-state index contributed by atoms with van der Waals surface area (Å²) < 4.78 is 28.5. The number of hydrogen-bond acceptors (Lipinski definition) is 3. The zero-order valence-electron chi connectivity index (χ0n) is 20.2. The summed E-state index contributed by atoms with van der Waals surface area (Å²) in [7, 11) is 0. The van der Waals surface area contributed by atoms with Crippen molar-refractivity contribution in [2.75, 3.05) is 26.2 Å². The first-order valence-corrected chi connectivity index (χ1v) is 12.1. The van der Waals surface area contributed by atoms with Crippen LogP contribution in [-0.4, -0.2) is 51.9 Å². The number of amides is 1. The summed E-state index contributed by atoms with van der Waals surface area (Å²) in [5, 5.41) is 0. The van der Waals surface area contributed by atoms with Crippen molar-refractivity contribution in [1.29, 1.82) is 0 Å². The highest BCUT2D eigenvalue weighted by molar-refractivity contribution is 5.94. The van der Waals surface area contributed by atoms with Crippen LogP contribution in [0.5, 0.6) is 0 Å².